The average molecular weight is 481 g/mol. The van der Waals surface area contributed by atoms with E-state index in [0.29, 0.717) is 0 Å². The lowest BCUT2D eigenvalue weighted by Gasteiger charge is -2.08. The molecule has 10 nitrogen and oxygen atoms in total. The van der Waals surface area contributed by atoms with Crippen molar-refractivity contribution < 1.29 is 27.7 Å². The van der Waals surface area contributed by atoms with Crippen LogP contribution >= 0.6 is 0 Å². The number of sulfonamides is 1. The van der Waals surface area contributed by atoms with E-state index in [0.717, 1.165) is 11.0 Å². The number of benzene rings is 3. The number of ether oxygens (including phenoxy) is 1. The zero-order valence-corrected chi connectivity index (χ0v) is 18.4. The molecule has 3 aromatic carbocycles. The molecule has 174 valence electrons. The molecule has 0 saturated heterocycles. The van der Waals surface area contributed by atoms with Gasteiger partial charge < -0.3 is 10.1 Å². The van der Waals surface area contributed by atoms with E-state index in [1.807, 2.05) is 6.07 Å². The number of nitro benzene ring substituents is 1. The van der Waals surface area contributed by atoms with Gasteiger partial charge in [-0.05, 0) is 42.0 Å². The standard InChI is InChI=1S/C23H19N3O7S/c27-22(24-20-8-4-5-9-21(20)26(29)30)16-33-23(28)18-10-12-19(13-11-18)25-34(31,32)15-14-17-6-2-1-3-7-17/h1-15,25H,16H2,(H,24,27). The Morgan fingerprint density at radius 1 is 0.941 bits per heavy atom. The summed E-state index contributed by atoms with van der Waals surface area (Å²) in [4.78, 5) is 34.5. The molecule has 2 N–H and O–H groups in total. The molecule has 3 rings (SSSR count). The molecular weight excluding hydrogens is 462 g/mol. The van der Waals surface area contributed by atoms with Gasteiger partial charge in [0.2, 0.25) is 0 Å². The zero-order chi connectivity index (χ0) is 24.6. The number of para-hydroxylation sites is 2. The molecule has 0 bridgehead atoms. The van der Waals surface area contributed by atoms with Gasteiger partial charge in [0.1, 0.15) is 5.69 Å². The number of esters is 1. The van der Waals surface area contributed by atoms with Gasteiger partial charge in [0, 0.05) is 11.8 Å². The first kappa shape index (κ1) is 24.1. The molecule has 0 aliphatic heterocycles. The van der Waals surface area contributed by atoms with Gasteiger partial charge in [0.05, 0.1) is 15.9 Å². The Kier molecular flexibility index (Phi) is 7.72. The van der Waals surface area contributed by atoms with Crippen molar-refractivity contribution in [2.45, 2.75) is 0 Å². The van der Waals surface area contributed by atoms with Crippen LogP contribution in [0.3, 0.4) is 0 Å². The normalized spacial score (nSPS) is 11.1. The fourth-order valence-electron chi connectivity index (χ4n) is 2.74. The van der Waals surface area contributed by atoms with Gasteiger partial charge >= 0.3 is 5.97 Å². The number of carbonyl (C=O) groups is 2. The van der Waals surface area contributed by atoms with Gasteiger partial charge in [0.15, 0.2) is 6.61 Å². The molecule has 0 unspecified atom stereocenters. The first-order valence-corrected chi connectivity index (χ1v) is 11.3. The number of carbonyl (C=O) groups excluding carboxylic acids is 2. The van der Waals surface area contributed by atoms with Crippen molar-refractivity contribution in [1.29, 1.82) is 0 Å². The molecule has 11 heteroatoms. The van der Waals surface area contributed by atoms with Crippen LogP contribution in [0, 0.1) is 10.1 Å². The average Bonchev–Trinajstić information content (AvgIpc) is 2.82. The number of amides is 1. The van der Waals surface area contributed by atoms with Crippen molar-refractivity contribution in [3.8, 4) is 0 Å². The van der Waals surface area contributed by atoms with Crippen LogP contribution in [-0.2, 0) is 19.6 Å². The first-order chi connectivity index (χ1) is 16.2. The molecule has 1 amide bonds. The minimum atomic E-state index is -3.77. The summed E-state index contributed by atoms with van der Waals surface area (Å²) in [7, 11) is -3.77. The zero-order valence-electron chi connectivity index (χ0n) is 17.6. The number of nitrogens with one attached hydrogen (secondary N) is 2. The Bertz CT molecular complexity index is 1320. The summed E-state index contributed by atoms with van der Waals surface area (Å²) in [6.45, 7) is -0.663. The summed E-state index contributed by atoms with van der Waals surface area (Å²) in [6, 6.07) is 19.9. The second kappa shape index (κ2) is 10.9. The van der Waals surface area contributed by atoms with Gasteiger partial charge in [-0.2, -0.15) is 0 Å². The third kappa shape index (κ3) is 7.00. The number of rotatable bonds is 9. The third-order valence-electron chi connectivity index (χ3n) is 4.33. The summed E-state index contributed by atoms with van der Waals surface area (Å²) in [6.07, 6.45) is 1.45. The van der Waals surface area contributed by atoms with Crippen LogP contribution in [0.15, 0.2) is 84.3 Å². The molecule has 0 saturated carbocycles. The summed E-state index contributed by atoms with van der Waals surface area (Å²) < 4.78 is 31.7. The maximum absolute atomic E-state index is 12.2. The lowest BCUT2D eigenvalue weighted by molar-refractivity contribution is -0.383. The Balaban J connectivity index is 1.54. The highest BCUT2D eigenvalue weighted by Crippen LogP contribution is 2.23. The number of hydrogen-bond acceptors (Lipinski definition) is 7. The minimum Gasteiger partial charge on any atom is -0.452 e. The third-order valence-corrected chi connectivity index (χ3v) is 5.34. The van der Waals surface area contributed by atoms with Crippen molar-refractivity contribution >= 4 is 45.0 Å². The van der Waals surface area contributed by atoms with Crippen LogP contribution in [0.5, 0.6) is 0 Å². The van der Waals surface area contributed by atoms with Crippen LogP contribution in [-0.4, -0.2) is 31.8 Å². The number of anilines is 2. The van der Waals surface area contributed by atoms with Gasteiger partial charge in [-0.1, -0.05) is 42.5 Å². The lowest BCUT2D eigenvalue weighted by atomic mass is 10.2. The van der Waals surface area contributed by atoms with Crippen molar-refractivity contribution in [3.63, 3.8) is 0 Å². The largest absolute Gasteiger partial charge is 0.452 e. The molecule has 0 fully saturated rings. The van der Waals surface area contributed by atoms with Crippen LogP contribution in [0.2, 0.25) is 0 Å². The van der Waals surface area contributed by atoms with E-state index in [1.165, 1.54) is 54.6 Å². The monoisotopic (exact) mass is 481 g/mol. The Hall–Kier alpha value is -4.51. The number of hydrogen-bond donors (Lipinski definition) is 2. The van der Waals surface area contributed by atoms with Crippen molar-refractivity contribution in [2.24, 2.45) is 0 Å². The van der Waals surface area contributed by atoms with Crippen LogP contribution in [0.1, 0.15) is 15.9 Å². The van der Waals surface area contributed by atoms with Crippen LogP contribution in [0.25, 0.3) is 6.08 Å². The SMILES string of the molecule is O=C(COC(=O)c1ccc(NS(=O)(=O)C=Cc2ccccc2)cc1)Nc1ccccc1[N+](=O)[O-]. The highest BCUT2D eigenvalue weighted by Gasteiger charge is 2.16. The van der Waals surface area contributed by atoms with E-state index in [-0.39, 0.29) is 22.6 Å². The Morgan fingerprint density at radius 3 is 2.26 bits per heavy atom. The second-order valence-corrected chi connectivity index (χ2v) is 8.40. The second-order valence-electron chi connectivity index (χ2n) is 6.84. The van der Waals surface area contributed by atoms with Gasteiger partial charge in [-0.3, -0.25) is 19.6 Å². The fraction of sp³-hybridized carbons (Fsp3) is 0.0435. The van der Waals surface area contributed by atoms with Crippen molar-refractivity contribution in [2.75, 3.05) is 16.6 Å². The van der Waals surface area contributed by atoms with E-state index in [1.54, 1.807) is 24.3 Å². The molecule has 0 heterocycles. The van der Waals surface area contributed by atoms with Crippen LogP contribution in [0.4, 0.5) is 17.1 Å². The Morgan fingerprint density at radius 2 is 1.59 bits per heavy atom. The quantitative estimate of drug-likeness (QED) is 0.269. The smallest absolute Gasteiger partial charge is 0.338 e. The van der Waals surface area contributed by atoms with Gasteiger partial charge in [-0.15, -0.1) is 0 Å². The molecule has 0 radical (unpaired) electrons. The molecular formula is C23H19N3O7S. The minimum absolute atomic E-state index is 0.0218. The summed E-state index contributed by atoms with van der Waals surface area (Å²) in [5.74, 6) is -1.58. The van der Waals surface area contributed by atoms with Crippen LogP contribution < -0.4 is 10.0 Å². The summed E-state index contributed by atoms with van der Waals surface area (Å²) >= 11 is 0. The number of nitrogens with zero attached hydrogens (tertiary/aromatic N) is 1. The number of nitro groups is 1. The molecule has 0 aliphatic carbocycles. The Labute approximate surface area is 195 Å². The van der Waals surface area contributed by atoms with Crippen molar-refractivity contribution in [1.82, 2.24) is 0 Å². The van der Waals surface area contributed by atoms with E-state index in [9.17, 15) is 28.1 Å². The highest BCUT2D eigenvalue weighted by molar-refractivity contribution is 7.95. The van der Waals surface area contributed by atoms with Gasteiger partial charge in [-0.25, -0.2) is 13.2 Å². The van der Waals surface area contributed by atoms with E-state index in [4.69, 9.17) is 4.74 Å². The topological polar surface area (TPSA) is 145 Å². The predicted octanol–water partition coefficient (Wildman–Crippen LogP) is 3.80. The van der Waals surface area contributed by atoms with E-state index < -0.39 is 33.4 Å². The van der Waals surface area contributed by atoms with Crippen molar-refractivity contribution in [3.05, 3.63) is 106 Å². The summed E-state index contributed by atoms with van der Waals surface area (Å²) in [5, 5.41) is 14.3. The lowest BCUT2D eigenvalue weighted by Crippen LogP contribution is -2.21. The maximum Gasteiger partial charge on any atom is 0.338 e. The first-order valence-electron chi connectivity index (χ1n) is 9.80. The van der Waals surface area contributed by atoms with E-state index >= 15 is 0 Å². The molecule has 0 aromatic heterocycles. The molecule has 0 spiro atoms. The molecule has 34 heavy (non-hydrogen) atoms. The van der Waals surface area contributed by atoms with Gasteiger partial charge in [0.25, 0.3) is 21.6 Å². The summed E-state index contributed by atoms with van der Waals surface area (Å²) in [5.41, 5.74) is 0.715. The molecule has 0 atom stereocenters. The maximum atomic E-state index is 12.2. The molecule has 3 aromatic rings. The fourth-order valence-corrected chi connectivity index (χ4v) is 3.61. The molecule has 0 aliphatic rings. The highest BCUT2D eigenvalue weighted by atomic mass is 32.2. The van der Waals surface area contributed by atoms with E-state index in [2.05, 4.69) is 10.0 Å². The predicted molar refractivity (Wildman–Crippen MR) is 126 cm³/mol.